The van der Waals surface area contributed by atoms with Gasteiger partial charge in [-0.25, -0.2) is 9.18 Å². The van der Waals surface area contributed by atoms with Gasteiger partial charge in [0.15, 0.2) is 5.75 Å². The molecular formula is C19H20FN3O4. The number of likely N-dealkylation sites (N-methyl/N-ethyl adjacent to an activating group) is 1. The highest BCUT2D eigenvalue weighted by atomic mass is 19.1. The second-order valence-corrected chi connectivity index (χ2v) is 7.78. The van der Waals surface area contributed by atoms with E-state index in [0.717, 1.165) is 32.4 Å². The summed E-state index contributed by atoms with van der Waals surface area (Å²) < 4.78 is 21.5. The number of fused-ring (bicyclic) bond motifs is 3. The van der Waals surface area contributed by atoms with Gasteiger partial charge in [0.1, 0.15) is 5.82 Å². The molecule has 3 aliphatic rings. The van der Waals surface area contributed by atoms with Crippen molar-refractivity contribution in [1.82, 2.24) is 9.47 Å². The molecule has 7 nitrogen and oxygen atoms in total. The molecule has 8 heteroatoms. The van der Waals surface area contributed by atoms with Crippen LogP contribution in [0.15, 0.2) is 23.1 Å². The van der Waals surface area contributed by atoms with Crippen molar-refractivity contribution in [2.24, 2.45) is 0 Å². The van der Waals surface area contributed by atoms with Crippen LogP contribution in [0.5, 0.6) is 5.75 Å². The maximum atomic E-state index is 15.0. The summed E-state index contributed by atoms with van der Waals surface area (Å²) in [4.78, 5) is 27.9. The molecule has 142 valence electrons. The van der Waals surface area contributed by atoms with Crippen LogP contribution in [0.3, 0.4) is 0 Å². The maximum Gasteiger partial charge on any atom is 0.511 e. The Bertz CT molecular complexity index is 1010. The fraction of sp³-hybridized carbons (Fsp3) is 0.474. The van der Waals surface area contributed by atoms with Gasteiger partial charge in [-0.3, -0.25) is 9.69 Å². The number of hydrogen-bond donors (Lipinski definition) is 1. The zero-order valence-electron chi connectivity index (χ0n) is 14.9. The molecule has 2 atom stereocenters. The first-order valence-electron chi connectivity index (χ1n) is 9.18. The molecule has 1 N–H and O–H groups in total. The Balaban J connectivity index is 1.66. The highest BCUT2D eigenvalue weighted by molar-refractivity contribution is 5.85. The number of hydrogen-bond acceptors (Lipinski definition) is 5. The highest BCUT2D eigenvalue weighted by Crippen LogP contribution is 2.40. The van der Waals surface area contributed by atoms with Gasteiger partial charge in [-0.05, 0) is 38.4 Å². The van der Waals surface area contributed by atoms with E-state index >= 15 is 0 Å². The predicted molar refractivity (Wildman–Crippen MR) is 97.3 cm³/mol. The number of anilines is 1. The third kappa shape index (κ3) is 2.58. The number of rotatable bonds is 3. The highest BCUT2D eigenvalue weighted by Gasteiger charge is 2.42. The molecule has 0 spiro atoms. The molecule has 2 aromatic rings. The molecular weight excluding hydrogens is 353 g/mol. The number of likely N-dealkylation sites (tertiary alicyclic amines) is 1. The second-order valence-electron chi connectivity index (χ2n) is 7.78. The normalized spacial score (nSPS) is 24.7. The first-order valence-corrected chi connectivity index (χ1v) is 9.18. The first kappa shape index (κ1) is 16.6. The molecule has 3 heterocycles. The van der Waals surface area contributed by atoms with Crippen LogP contribution in [0.25, 0.3) is 10.9 Å². The van der Waals surface area contributed by atoms with Crippen molar-refractivity contribution < 1.29 is 19.0 Å². The van der Waals surface area contributed by atoms with Crippen molar-refractivity contribution in [3.63, 3.8) is 0 Å². The Morgan fingerprint density at radius 1 is 1.22 bits per heavy atom. The van der Waals surface area contributed by atoms with E-state index in [4.69, 9.17) is 5.11 Å². The SMILES string of the molecule is CN1CC2CC1CN2c1cc2c(cc1F)c(=O)c(OC(=O)O)cn2C1CC1. The van der Waals surface area contributed by atoms with Crippen molar-refractivity contribution in [2.75, 3.05) is 25.0 Å². The van der Waals surface area contributed by atoms with Gasteiger partial charge in [0.25, 0.3) is 0 Å². The van der Waals surface area contributed by atoms with Crippen molar-refractivity contribution in [3.05, 3.63) is 34.4 Å². The molecule has 0 radical (unpaired) electrons. The summed E-state index contributed by atoms with van der Waals surface area (Å²) >= 11 is 0. The molecule has 5 rings (SSSR count). The molecule has 1 aromatic carbocycles. The van der Waals surface area contributed by atoms with Crippen LogP contribution in [0.1, 0.15) is 25.3 Å². The number of carbonyl (C=O) groups is 1. The lowest BCUT2D eigenvalue weighted by Gasteiger charge is -2.34. The lowest BCUT2D eigenvalue weighted by atomic mass is 10.1. The van der Waals surface area contributed by atoms with Crippen molar-refractivity contribution in [2.45, 2.75) is 37.4 Å². The fourth-order valence-corrected chi connectivity index (χ4v) is 4.54. The molecule has 0 amide bonds. The lowest BCUT2D eigenvalue weighted by Crippen LogP contribution is -2.44. The van der Waals surface area contributed by atoms with Crippen molar-refractivity contribution in [1.29, 1.82) is 0 Å². The summed E-state index contributed by atoms with van der Waals surface area (Å²) in [6.07, 6.45) is 2.80. The summed E-state index contributed by atoms with van der Waals surface area (Å²) in [5.41, 5.74) is 0.550. The van der Waals surface area contributed by atoms with Crippen molar-refractivity contribution in [3.8, 4) is 5.75 Å². The number of ether oxygens (including phenoxy) is 1. The van der Waals surface area contributed by atoms with E-state index < -0.39 is 17.4 Å². The Hall–Kier alpha value is -2.61. The van der Waals surface area contributed by atoms with Gasteiger partial charge in [-0.15, -0.1) is 0 Å². The van der Waals surface area contributed by atoms with Crippen LogP contribution < -0.4 is 15.1 Å². The minimum Gasteiger partial charge on any atom is -0.449 e. The minimum atomic E-state index is -1.55. The number of aromatic nitrogens is 1. The van der Waals surface area contributed by atoms with E-state index in [-0.39, 0.29) is 23.2 Å². The molecule has 2 saturated heterocycles. The number of nitrogens with zero attached hydrogens (tertiary/aromatic N) is 3. The summed E-state index contributed by atoms with van der Waals surface area (Å²) in [5.74, 6) is -0.736. The molecule has 3 fully saturated rings. The number of pyridine rings is 1. The van der Waals surface area contributed by atoms with Crippen LogP contribution in [-0.4, -0.2) is 52.9 Å². The lowest BCUT2D eigenvalue weighted by molar-refractivity contribution is 0.143. The average Bonchev–Trinajstić information content (AvgIpc) is 3.29. The Morgan fingerprint density at radius 3 is 2.59 bits per heavy atom. The molecule has 2 unspecified atom stereocenters. The van der Waals surface area contributed by atoms with Gasteiger partial charge in [-0.1, -0.05) is 0 Å². The summed E-state index contributed by atoms with van der Waals surface area (Å²) in [7, 11) is 2.09. The topological polar surface area (TPSA) is 75.0 Å². The second kappa shape index (κ2) is 5.69. The molecule has 2 aliphatic heterocycles. The van der Waals surface area contributed by atoms with E-state index in [1.807, 2.05) is 4.57 Å². The smallest absolute Gasteiger partial charge is 0.449 e. The number of piperazine rings is 1. The Kier molecular flexibility index (Phi) is 3.49. The third-order valence-electron chi connectivity index (χ3n) is 6.03. The summed E-state index contributed by atoms with van der Waals surface area (Å²) in [5, 5.41) is 9.03. The first-order chi connectivity index (χ1) is 12.9. The number of benzene rings is 1. The fourth-order valence-electron chi connectivity index (χ4n) is 4.54. The quantitative estimate of drug-likeness (QED) is 0.833. The van der Waals surface area contributed by atoms with Crippen LogP contribution in [0, 0.1) is 5.82 Å². The van der Waals surface area contributed by atoms with Gasteiger partial charge in [0.2, 0.25) is 5.43 Å². The standard InChI is InChI=1S/C19H20FN3O4/c1-21-7-12-4-11(21)8-22(12)16-6-15-13(5-14(16)20)18(24)17(27-19(25)26)9-23(15)10-2-3-10/h5-6,9-12H,2-4,7-8H2,1H3,(H,25,26). The van der Waals surface area contributed by atoms with Gasteiger partial charge in [0.05, 0.1) is 22.8 Å². The molecule has 2 bridgehead atoms. The Morgan fingerprint density at radius 2 is 2.00 bits per heavy atom. The van der Waals surface area contributed by atoms with Crippen LogP contribution >= 0.6 is 0 Å². The third-order valence-corrected chi connectivity index (χ3v) is 6.03. The van der Waals surface area contributed by atoms with Crippen LogP contribution in [-0.2, 0) is 0 Å². The molecule has 1 aliphatic carbocycles. The predicted octanol–water partition coefficient (Wildman–Crippen LogP) is 2.43. The maximum absolute atomic E-state index is 15.0. The molecule has 27 heavy (non-hydrogen) atoms. The largest absolute Gasteiger partial charge is 0.511 e. The van der Waals surface area contributed by atoms with Crippen LogP contribution in [0.2, 0.25) is 0 Å². The van der Waals surface area contributed by atoms with Gasteiger partial charge >= 0.3 is 6.16 Å². The van der Waals surface area contributed by atoms with E-state index in [1.165, 1.54) is 12.3 Å². The van der Waals surface area contributed by atoms with Crippen LogP contribution in [0.4, 0.5) is 14.9 Å². The van der Waals surface area contributed by atoms with E-state index in [2.05, 4.69) is 21.6 Å². The average molecular weight is 373 g/mol. The molecule has 1 aromatic heterocycles. The number of carboxylic acid groups (broad SMARTS) is 1. The number of halogens is 1. The van der Waals surface area contributed by atoms with Crippen molar-refractivity contribution >= 4 is 22.7 Å². The summed E-state index contributed by atoms with van der Waals surface area (Å²) in [6.45, 7) is 1.68. The van der Waals surface area contributed by atoms with E-state index in [1.54, 1.807) is 6.07 Å². The molecule has 1 saturated carbocycles. The van der Waals surface area contributed by atoms with E-state index in [0.29, 0.717) is 17.2 Å². The minimum absolute atomic E-state index is 0.156. The van der Waals surface area contributed by atoms with Gasteiger partial charge < -0.3 is 19.3 Å². The zero-order valence-corrected chi connectivity index (χ0v) is 14.9. The summed E-state index contributed by atoms with van der Waals surface area (Å²) in [6, 6.07) is 3.87. The van der Waals surface area contributed by atoms with Gasteiger partial charge in [0, 0.05) is 31.2 Å². The zero-order chi connectivity index (χ0) is 18.9. The Labute approximate surface area is 154 Å². The monoisotopic (exact) mass is 373 g/mol. The van der Waals surface area contributed by atoms with Gasteiger partial charge in [-0.2, -0.15) is 0 Å². The van der Waals surface area contributed by atoms with E-state index in [9.17, 15) is 14.0 Å².